The number of thioether (sulfide) groups is 1. The van der Waals surface area contributed by atoms with Gasteiger partial charge < -0.3 is 11.1 Å². The van der Waals surface area contributed by atoms with Crippen molar-refractivity contribution in [3.8, 4) is 0 Å². The Hall–Kier alpha value is -1.21. The number of rotatable bonds is 4. The molecule has 1 aromatic carbocycles. The van der Waals surface area contributed by atoms with Crippen molar-refractivity contribution in [3.63, 3.8) is 0 Å². The zero-order valence-electron chi connectivity index (χ0n) is 12.4. The smallest absolute Gasteiger partial charge is 0.204 e. The number of hydrogen-bond acceptors (Lipinski definition) is 5. The third-order valence-corrected chi connectivity index (χ3v) is 4.21. The molecule has 1 amide bonds. The fourth-order valence-electron chi connectivity index (χ4n) is 1.58. The summed E-state index contributed by atoms with van der Waals surface area (Å²) in [7, 11) is 0. The molecule has 124 valence electrons. The Morgan fingerprint density at radius 3 is 2.52 bits per heavy atom. The van der Waals surface area contributed by atoms with Crippen LogP contribution in [0.5, 0.6) is 0 Å². The molecule has 0 aliphatic carbocycles. The molecule has 0 aliphatic rings. The molecule has 3 N–H and O–H groups in total. The van der Waals surface area contributed by atoms with Crippen LogP contribution in [-0.4, -0.2) is 22.6 Å². The van der Waals surface area contributed by atoms with Gasteiger partial charge in [-0.2, -0.15) is 0 Å². The summed E-state index contributed by atoms with van der Waals surface area (Å²) >= 11 is 19.5. The molecule has 0 aliphatic heterocycles. The highest BCUT2D eigenvalue weighted by Crippen LogP contribution is 2.25. The minimum Gasteiger partial charge on any atom is -0.372 e. The van der Waals surface area contributed by atoms with Gasteiger partial charge >= 0.3 is 0 Å². The van der Waals surface area contributed by atoms with Crippen LogP contribution in [0.3, 0.4) is 0 Å². The topological polar surface area (TPSA) is 80.9 Å². The van der Waals surface area contributed by atoms with Crippen molar-refractivity contribution in [3.05, 3.63) is 44.5 Å². The van der Waals surface area contributed by atoms with Gasteiger partial charge in [-0.25, -0.2) is 9.97 Å². The molecule has 9 heteroatoms. The Morgan fingerprint density at radius 2 is 1.96 bits per heavy atom. The average molecular weight is 394 g/mol. The van der Waals surface area contributed by atoms with Crippen LogP contribution in [0.4, 0.5) is 5.82 Å². The van der Waals surface area contributed by atoms with E-state index in [0.717, 1.165) is 11.1 Å². The van der Waals surface area contributed by atoms with Gasteiger partial charge in [0.15, 0.2) is 5.16 Å². The molecule has 0 atom stereocenters. The van der Waals surface area contributed by atoms with E-state index >= 15 is 0 Å². The van der Waals surface area contributed by atoms with Gasteiger partial charge in [0.05, 0.1) is 0 Å². The van der Waals surface area contributed by atoms with E-state index in [1.54, 1.807) is 12.1 Å². The first-order valence-electron chi connectivity index (χ1n) is 6.34. The third kappa shape index (κ3) is 6.06. The molecule has 2 rings (SSSR count). The molecule has 2 aromatic rings. The van der Waals surface area contributed by atoms with E-state index in [2.05, 4.69) is 21.0 Å². The summed E-state index contributed by atoms with van der Waals surface area (Å²) in [5.41, 5.74) is 5.92. The quantitative estimate of drug-likeness (QED) is 0.352. The highest BCUT2D eigenvalue weighted by molar-refractivity contribution is 7.98. The molecule has 0 saturated carbocycles. The van der Waals surface area contributed by atoms with Crippen molar-refractivity contribution in [2.24, 2.45) is 5.73 Å². The van der Waals surface area contributed by atoms with E-state index in [1.807, 2.05) is 19.2 Å². The number of aromatic nitrogens is 2. The van der Waals surface area contributed by atoms with E-state index in [-0.39, 0.29) is 6.41 Å². The fraction of sp³-hybridized carbons (Fsp3) is 0.214. The van der Waals surface area contributed by atoms with Gasteiger partial charge in [0.2, 0.25) is 6.41 Å². The summed E-state index contributed by atoms with van der Waals surface area (Å²) in [6.07, 6.45) is 2.15. The van der Waals surface area contributed by atoms with Gasteiger partial charge in [-0.3, -0.25) is 4.79 Å². The highest BCUT2D eigenvalue weighted by atomic mass is 35.5. The predicted molar refractivity (Wildman–Crippen MR) is 97.6 cm³/mol. The zero-order chi connectivity index (χ0) is 17.4. The Kier molecular flexibility index (Phi) is 8.47. The fourth-order valence-corrected chi connectivity index (χ4v) is 2.64. The average Bonchev–Trinajstić information content (AvgIpc) is 2.50. The second-order valence-corrected chi connectivity index (χ2v) is 6.18. The minimum atomic E-state index is 0.250. The molecule has 0 bridgehead atoms. The van der Waals surface area contributed by atoms with Crippen molar-refractivity contribution in [1.29, 1.82) is 0 Å². The van der Waals surface area contributed by atoms with Crippen molar-refractivity contribution >= 4 is 58.8 Å². The normalized spacial score (nSPS) is 9.78. The monoisotopic (exact) mass is 392 g/mol. The number of nitrogens with zero attached hydrogens (tertiary/aromatic N) is 2. The molecule has 1 heterocycles. The maximum atomic E-state index is 8.58. The highest BCUT2D eigenvalue weighted by Gasteiger charge is 2.09. The first-order chi connectivity index (χ1) is 10.9. The Balaban J connectivity index is 0.000000816. The SMILES string of the molecule is CSc1nc(Cl)c(C)c(NCc2ccc(Cl)cc2Cl)n1.NC=O. The van der Waals surface area contributed by atoms with Gasteiger partial charge in [0, 0.05) is 22.2 Å². The maximum Gasteiger partial charge on any atom is 0.204 e. The number of benzene rings is 1. The summed E-state index contributed by atoms with van der Waals surface area (Å²) < 4.78 is 0. The number of amides is 1. The molecule has 0 radical (unpaired) electrons. The number of halogens is 3. The number of nitrogens with one attached hydrogen (secondary N) is 1. The Labute approximate surface area is 153 Å². The van der Waals surface area contributed by atoms with Gasteiger partial charge in [-0.05, 0) is 30.9 Å². The van der Waals surface area contributed by atoms with Gasteiger partial charge in [-0.15, -0.1) is 0 Å². The van der Waals surface area contributed by atoms with Gasteiger partial charge in [-0.1, -0.05) is 52.6 Å². The molecule has 0 spiro atoms. The lowest BCUT2D eigenvalue weighted by Crippen LogP contribution is -2.06. The van der Waals surface area contributed by atoms with E-state index in [0.29, 0.717) is 32.7 Å². The van der Waals surface area contributed by atoms with E-state index in [9.17, 15) is 0 Å². The summed E-state index contributed by atoms with van der Waals surface area (Å²) in [6, 6.07) is 5.40. The van der Waals surface area contributed by atoms with Gasteiger partial charge in [0.25, 0.3) is 0 Å². The number of carbonyl (C=O) groups excluding carboxylic acids is 1. The summed E-state index contributed by atoms with van der Waals surface area (Å²) in [5, 5.41) is 5.55. The van der Waals surface area contributed by atoms with Crippen molar-refractivity contribution in [2.45, 2.75) is 18.6 Å². The summed E-state index contributed by atoms with van der Waals surface area (Å²) in [4.78, 5) is 17.2. The molecular formula is C14H15Cl3N4OS. The van der Waals surface area contributed by atoms with E-state index < -0.39 is 0 Å². The molecule has 0 unspecified atom stereocenters. The second-order valence-electron chi connectivity index (χ2n) is 4.20. The Morgan fingerprint density at radius 1 is 1.30 bits per heavy atom. The zero-order valence-corrected chi connectivity index (χ0v) is 15.5. The summed E-state index contributed by atoms with van der Waals surface area (Å²) in [6.45, 7) is 2.41. The largest absolute Gasteiger partial charge is 0.372 e. The maximum absolute atomic E-state index is 8.58. The molecule has 0 saturated heterocycles. The van der Waals surface area contributed by atoms with Crippen LogP contribution in [0.1, 0.15) is 11.1 Å². The standard InChI is InChI=1S/C13H12Cl3N3S.CH3NO/c1-7-11(16)18-13(20-2)19-12(7)17-6-8-3-4-9(14)5-10(8)15;2-1-3/h3-5H,6H2,1-2H3,(H,17,18,19);1H,(H2,2,3). The van der Waals surface area contributed by atoms with Crippen LogP contribution in [0.15, 0.2) is 23.4 Å². The number of primary amides is 1. The molecule has 23 heavy (non-hydrogen) atoms. The van der Waals surface area contributed by atoms with Crippen LogP contribution in [0.25, 0.3) is 0 Å². The lowest BCUT2D eigenvalue weighted by atomic mass is 10.2. The molecule has 5 nitrogen and oxygen atoms in total. The van der Waals surface area contributed by atoms with E-state index in [4.69, 9.17) is 39.6 Å². The van der Waals surface area contributed by atoms with Crippen LogP contribution < -0.4 is 11.1 Å². The summed E-state index contributed by atoms with van der Waals surface area (Å²) in [5.74, 6) is 0.709. The Bertz CT molecular complexity index is 685. The first kappa shape index (κ1) is 19.8. The van der Waals surface area contributed by atoms with Crippen molar-refractivity contribution in [1.82, 2.24) is 9.97 Å². The predicted octanol–water partition coefficient (Wildman–Crippen LogP) is 4.18. The first-order valence-corrected chi connectivity index (χ1v) is 8.70. The van der Waals surface area contributed by atoms with Crippen LogP contribution in [-0.2, 0) is 11.3 Å². The lowest BCUT2D eigenvalue weighted by Gasteiger charge is -2.11. The van der Waals surface area contributed by atoms with Crippen molar-refractivity contribution < 1.29 is 4.79 Å². The molecule has 0 fully saturated rings. The van der Waals surface area contributed by atoms with Crippen LogP contribution >= 0.6 is 46.6 Å². The lowest BCUT2D eigenvalue weighted by molar-refractivity contribution is -0.106. The van der Waals surface area contributed by atoms with Gasteiger partial charge in [0.1, 0.15) is 11.0 Å². The third-order valence-electron chi connectivity index (χ3n) is 2.71. The van der Waals surface area contributed by atoms with Crippen LogP contribution in [0, 0.1) is 6.92 Å². The van der Waals surface area contributed by atoms with Crippen molar-refractivity contribution in [2.75, 3.05) is 11.6 Å². The molecular weight excluding hydrogens is 379 g/mol. The minimum absolute atomic E-state index is 0.250. The number of hydrogen-bond donors (Lipinski definition) is 2. The van der Waals surface area contributed by atoms with E-state index in [1.165, 1.54) is 11.8 Å². The number of carbonyl (C=O) groups is 1. The number of nitrogens with two attached hydrogens (primary N) is 1. The molecule has 1 aromatic heterocycles. The van der Waals surface area contributed by atoms with Crippen LogP contribution in [0.2, 0.25) is 15.2 Å². The number of anilines is 1. The second kappa shape index (κ2) is 9.82.